The van der Waals surface area contributed by atoms with Crippen LogP contribution in [0.25, 0.3) is 0 Å². The lowest BCUT2D eigenvalue weighted by Gasteiger charge is -2.33. The number of benzene rings is 1. The highest BCUT2D eigenvalue weighted by atomic mass is 28.3. The van der Waals surface area contributed by atoms with Crippen LogP contribution in [0.3, 0.4) is 0 Å². The second-order valence-electron chi connectivity index (χ2n) is 10.0. The molecule has 148 valence electrons. The molecule has 0 radical (unpaired) electrons. The maximum atomic E-state index is 6.06. The highest BCUT2D eigenvalue weighted by Crippen LogP contribution is 2.37. The number of allylic oxidation sites excluding steroid dienone is 4. The van der Waals surface area contributed by atoms with Crippen LogP contribution in [0.4, 0.5) is 0 Å². The van der Waals surface area contributed by atoms with Crippen LogP contribution in [0.5, 0.6) is 5.75 Å². The molecule has 1 aromatic rings. The van der Waals surface area contributed by atoms with Crippen molar-refractivity contribution in [1.82, 2.24) is 0 Å². The maximum Gasteiger partial charge on any atom is 0.119 e. The average molecular weight is 383 g/mol. The third-order valence-corrected chi connectivity index (χ3v) is 10.2. The fourth-order valence-corrected chi connectivity index (χ4v) is 7.91. The summed E-state index contributed by atoms with van der Waals surface area (Å²) >= 11 is 0. The van der Waals surface area contributed by atoms with Crippen LogP contribution in [-0.4, -0.2) is 14.7 Å². The molecule has 0 N–H and O–H groups in total. The standard InChI is InChI=1S/C25H38OSi/c1-25(2,22-12-6-5-7-13-22)23-14-16-24(17-15-23)26-18-9-19-27(3,4)20-21-10-8-11-21/h5-7,12,14-17,21-22H,8-11,13,18-20H2,1-4H3. The Morgan fingerprint density at radius 1 is 1.07 bits per heavy atom. The zero-order valence-electron chi connectivity index (χ0n) is 17.8. The first-order valence-electron chi connectivity index (χ1n) is 10.9. The Kier molecular flexibility index (Phi) is 6.68. The van der Waals surface area contributed by atoms with Gasteiger partial charge in [-0.2, -0.15) is 0 Å². The van der Waals surface area contributed by atoms with Gasteiger partial charge in [0.15, 0.2) is 0 Å². The van der Waals surface area contributed by atoms with Crippen molar-refractivity contribution in [1.29, 1.82) is 0 Å². The monoisotopic (exact) mass is 382 g/mol. The molecule has 0 heterocycles. The van der Waals surface area contributed by atoms with E-state index in [0.717, 1.165) is 24.7 Å². The zero-order chi connectivity index (χ0) is 19.3. The van der Waals surface area contributed by atoms with E-state index in [1.165, 1.54) is 43.3 Å². The lowest BCUT2D eigenvalue weighted by molar-refractivity contribution is 0.314. The summed E-state index contributed by atoms with van der Waals surface area (Å²) in [5.41, 5.74) is 1.55. The van der Waals surface area contributed by atoms with E-state index in [4.69, 9.17) is 4.74 Å². The van der Waals surface area contributed by atoms with Crippen LogP contribution in [0.15, 0.2) is 48.6 Å². The SMILES string of the molecule is CC(C)(c1ccc(OCCC[Si](C)(C)CC2CCC2)cc1)C1C=CC=CC1. The van der Waals surface area contributed by atoms with Crippen LogP contribution in [0.1, 0.15) is 51.5 Å². The van der Waals surface area contributed by atoms with Crippen molar-refractivity contribution in [2.45, 2.75) is 76.5 Å². The van der Waals surface area contributed by atoms with E-state index in [0.29, 0.717) is 5.92 Å². The number of rotatable bonds is 9. The van der Waals surface area contributed by atoms with Crippen molar-refractivity contribution < 1.29 is 4.74 Å². The van der Waals surface area contributed by atoms with E-state index in [9.17, 15) is 0 Å². The van der Waals surface area contributed by atoms with Crippen molar-refractivity contribution >= 4 is 8.07 Å². The molecule has 2 heteroatoms. The van der Waals surface area contributed by atoms with Crippen molar-refractivity contribution in [3.05, 3.63) is 54.1 Å². The third-order valence-electron chi connectivity index (χ3n) is 6.84. The predicted octanol–water partition coefficient (Wildman–Crippen LogP) is 7.37. The van der Waals surface area contributed by atoms with Gasteiger partial charge in [-0.15, -0.1) is 0 Å². The Morgan fingerprint density at radius 2 is 1.81 bits per heavy atom. The van der Waals surface area contributed by atoms with Gasteiger partial charge in [0, 0.05) is 8.07 Å². The van der Waals surface area contributed by atoms with Gasteiger partial charge < -0.3 is 4.74 Å². The van der Waals surface area contributed by atoms with E-state index < -0.39 is 8.07 Å². The van der Waals surface area contributed by atoms with Gasteiger partial charge in [-0.3, -0.25) is 0 Å². The fraction of sp³-hybridized carbons (Fsp3) is 0.600. The highest BCUT2D eigenvalue weighted by Gasteiger charge is 2.30. The van der Waals surface area contributed by atoms with Crippen molar-refractivity contribution in [3.8, 4) is 5.75 Å². The lowest BCUT2D eigenvalue weighted by Crippen LogP contribution is -2.31. The van der Waals surface area contributed by atoms with Crippen molar-refractivity contribution in [2.75, 3.05) is 6.61 Å². The Morgan fingerprint density at radius 3 is 2.41 bits per heavy atom. The zero-order valence-corrected chi connectivity index (χ0v) is 18.8. The number of hydrogen-bond donors (Lipinski definition) is 0. The van der Waals surface area contributed by atoms with Gasteiger partial charge in [-0.1, -0.05) is 94.7 Å². The normalized spacial score (nSPS) is 20.5. The van der Waals surface area contributed by atoms with E-state index in [-0.39, 0.29) is 5.41 Å². The third kappa shape index (κ3) is 5.60. The molecule has 27 heavy (non-hydrogen) atoms. The second-order valence-corrected chi connectivity index (χ2v) is 15.3. The van der Waals surface area contributed by atoms with Gasteiger partial charge in [0.25, 0.3) is 0 Å². The molecular weight excluding hydrogens is 344 g/mol. The largest absolute Gasteiger partial charge is 0.494 e. The fourth-order valence-electron chi connectivity index (χ4n) is 4.63. The minimum absolute atomic E-state index is 0.150. The maximum absolute atomic E-state index is 6.06. The molecule has 1 aromatic carbocycles. The molecule has 1 saturated carbocycles. The predicted molar refractivity (Wildman–Crippen MR) is 120 cm³/mol. The molecule has 1 atom stereocenters. The highest BCUT2D eigenvalue weighted by molar-refractivity contribution is 6.77. The average Bonchev–Trinajstić information content (AvgIpc) is 2.63. The summed E-state index contributed by atoms with van der Waals surface area (Å²) in [6.45, 7) is 10.7. The van der Waals surface area contributed by atoms with Gasteiger partial charge in [-0.25, -0.2) is 0 Å². The van der Waals surface area contributed by atoms with Crippen LogP contribution in [0.2, 0.25) is 25.2 Å². The molecule has 2 aliphatic rings. The smallest absolute Gasteiger partial charge is 0.119 e. The molecule has 0 saturated heterocycles. The quantitative estimate of drug-likeness (QED) is 0.320. The number of hydrogen-bond acceptors (Lipinski definition) is 1. The van der Waals surface area contributed by atoms with Gasteiger partial charge in [0.1, 0.15) is 5.75 Å². The van der Waals surface area contributed by atoms with E-state index in [1.54, 1.807) is 0 Å². The topological polar surface area (TPSA) is 9.23 Å². The van der Waals surface area contributed by atoms with E-state index in [2.05, 4.69) is 75.5 Å². The van der Waals surface area contributed by atoms with Crippen molar-refractivity contribution in [3.63, 3.8) is 0 Å². The first kappa shape index (κ1) is 20.5. The molecule has 0 aromatic heterocycles. The molecule has 0 bridgehead atoms. The van der Waals surface area contributed by atoms with Gasteiger partial charge in [0.2, 0.25) is 0 Å². The molecular formula is C25H38OSi. The molecule has 3 rings (SSSR count). The van der Waals surface area contributed by atoms with Gasteiger partial charge >= 0.3 is 0 Å². The molecule has 1 unspecified atom stereocenters. The Labute approximate surface area is 167 Å². The molecule has 1 nitrogen and oxygen atoms in total. The molecule has 1 fully saturated rings. The Balaban J connectivity index is 1.45. The molecule has 0 amide bonds. The minimum Gasteiger partial charge on any atom is -0.494 e. The van der Waals surface area contributed by atoms with E-state index in [1.807, 2.05) is 0 Å². The van der Waals surface area contributed by atoms with Crippen LogP contribution in [-0.2, 0) is 5.41 Å². The van der Waals surface area contributed by atoms with E-state index >= 15 is 0 Å². The first-order chi connectivity index (χ1) is 12.9. The summed E-state index contributed by atoms with van der Waals surface area (Å²) in [6, 6.07) is 11.8. The van der Waals surface area contributed by atoms with Crippen LogP contribution < -0.4 is 4.74 Å². The summed E-state index contributed by atoms with van der Waals surface area (Å²) in [6.07, 6.45) is 15.7. The van der Waals surface area contributed by atoms with Crippen molar-refractivity contribution in [2.24, 2.45) is 11.8 Å². The summed E-state index contributed by atoms with van der Waals surface area (Å²) in [7, 11) is -1.02. The Bertz CT molecular complexity index is 649. The first-order valence-corrected chi connectivity index (χ1v) is 14.3. The van der Waals surface area contributed by atoms with Crippen LogP contribution >= 0.6 is 0 Å². The van der Waals surface area contributed by atoms with Crippen LogP contribution in [0, 0.1) is 11.8 Å². The molecule has 0 aliphatic heterocycles. The summed E-state index contributed by atoms with van der Waals surface area (Å²) in [5.74, 6) is 2.64. The Hall–Kier alpha value is -1.28. The molecule has 2 aliphatic carbocycles. The second kappa shape index (κ2) is 8.81. The summed E-state index contributed by atoms with van der Waals surface area (Å²) in [4.78, 5) is 0. The van der Waals surface area contributed by atoms with Gasteiger partial charge in [-0.05, 0) is 47.8 Å². The minimum atomic E-state index is -1.02. The number of ether oxygens (including phenoxy) is 1. The summed E-state index contributed by atoms with van der Waals surface area (Å²) in [5, 5.41) is 0. The van der Waals surface area contributed by atoms with Gasteiger partial charge in [0.05, 0.1) is 6.61 Å². The molecule has 0 spiro atoms. The lowest BCUT2D eigenvalue weighted by atomic mass is 9.71. The summed E-state index contributed by atoms with van der Waals surface area (Å²) < 4.78 is 6.06.